The molecule has 0 spiro atoms. The molecule has 1 aliphatic carbocycles. The van der Waals surface area contributed by atoms with Crippen molar-refractivity contribution in [3.63, 3.8) is 0 Å². The van der Waals surface area contributed by atoms with Crippen molar-refractivity contribution in [1.29, 1.82) is 0 Å². The second-order valence-electron chi connectivity index (χ2n) is 4.78. The summed E-state index contributed by atoms with van der Waals surface area (Å²) in [5.74, 6) is 1.99. The minimum atomic E-state index is 0.385. The van der Waals surface area contributed by atoms with E-state index in [-0.39, 0.29) is 0 Å². The number of aromatic nitrogens is 1. The fourth-order valence-corrected chi connectivity index (χ4v) is 1.86. The van der Waals surface area contributed by atoms with E-state index in [9.17, 15) is 0 Å². The van der Waals surface area contributed by atoms with Crippen molar-refractivity contribution < 1.29 is 0 Å². The minimum Gasteiger partial charge on any atom is -0.359 e. The molecule has 0 aromatic carbocycles. The fraction of sp³-hybridized carbons (Fsp3) is 0.615. The Morgan fingerprint density at radius 2 is 2.31 bits per heavy atom. The van der Waals surface area contributed by atoms with Crippen molar-refractivity contribution >= 4 is 5.82 Å². The quantitative estimate of drug-likeness (QED) is 0.823. The highest BCUT2D eigenvalue weighted by Crippen LogP contribution is 2.30. The Balaban J connectivity index is 2.07. The van der Waals surface area contributed by atoms with Crippen molar-refractivity contribution in [2.75, 3.05) is 25.5 Å². The van der Waals surface area contributed by atoms with Gasteiger partial charge in [0.25, 0.3) is 0 Å². The summed E-state index contributed by atoms with van der Waals surface area (Å²) in [6.45, 7) is 3.31. The highest BCUT2D eigenvalue weighted by Gasteiger charge is 2.23. The summed E-state index contributed by atoms with van der Waals surface area (Å²) < 4.78 is 0. The van der Waals surface area contributed by atoms with Crippen LogP contribution in [0.4, 0.5) is 5.82 Å². The standard InChI is InChI=1S/C13H21N3/c1-10(14-2)12-6-7-15-13(8-12)16(3)9-11-4-5-11/h6-8,10-11,14H,4-5,9H2,1-3H3. The lowest BCUT2D eigenvalue weighted by Gasteiger charge is -2.19. The van der Waals surface area contributed by atoms with Gasteiger partial charge >= 0.3 is 0 Å². The molecule has 1 unspecified atom stereocenters. The lowest BCUT2D eigenvalue weighted by molar-refractivity contribution is 0.650. The Bertz CT molecular complexity index is 347. The van der Waals surface area contributed by atoms with Crippen LogP contribution in [0.5, 0.6) is 0 Å². The fourth-order valence-electron chi connectivity index (χ4n) is 1.86. The Kier molecular flexibility index (Phi) is 3.44. The Morgan fingerprint density at radius 3 is 2.94 bits per heavy atom. The highest BCUT2D eigenvalue weighted by atomic mass is 15.2. The van der Waals surface area contributed by atoms with Gasteiger partial charge in [-0.1, -0.05) is 0 Å². The van der Waals surface area contributed by atoms with E-state index in [1.54, 1.807) is 0 Å². The third kappa shape index (κ3) is 2.73. The lowest BCUT2D eigenvalue weighted by Crippen LogP contribution is -2.21. The molecule has 1 aromatic rings. The van der Waals surface area contributed by atoms with Crippen LogP contribution in [0, 0.1) is 5.92 Å². The summed E-state index contributed by atoms with van der Waals surface area (Å²) in [6.07, 6.45) is 4.68. The maximum Gasteiger partial charge on any atom is 0.128 e. The van der Waals surface area contributed by atoms with E-state index in [0.717, 1.165) is 18.3 Å². The Hall–Kier alpha value is -1.09. The SMILES string of the molecule is CNC(C)c1ccnc(N(C)CC2CC2)c1. The summed E-state index contributed by atoms with van der Waals surface area (Å²) in [5, 5.41) is 3.25. The third-order valence-corrected chi connectivity index (χ3v) is 3.32. The van der Waals surface area contributed by atoms with Crippen LogP contribution < -0.4 is 10.2 Å². The van der Waals surface area contributed by atoms with Crippen molar-refractivity contribution in [3.8, 4) is 0 Å². The van der Waals surface area contributed by atoms with Crippen molar-refractivity contribution in [2.45, 2.75) is 25.8 Å². The van der Waals surface area contributed by atoms with Gasteiger partial charge in [0.2, 0.25) is 0 Å². The van der Waals surface area contributed by atoms with Crippen LogP contribution in [0.3, 0.4) is 0 Å². The molecule has 0 amide bonds. The molecular formula is C13H21N3. The molecule has 3 heteroatoms. The molecule has 3 nitrogen and oxygen atoms in total. The zero-order chi connectivity index (χ0) is 11.5. The smallest absolute Gasteiger partial charge is 0.128 e. The Morgan fingerprint density at radius 1 is 1.56 bits per heavy atom. The lowest BCUT2D eigenvalue weighted by atomic mass is 10.1. The molecule has 16 heavy (non-hydrogen) atoms. The van der Waals surface area contributed by atoms with Crippen molar-refractivity contribution in [2.24, 2.45) is 5.92 Å². The van der Waals surface area contributed by atoms with E-state index in [2.05, 4.69) is 41.3 Å². The number of nitrogens with zero attached hydrogens (tertiary/aromatic N) is 2. The normalized spacial score (nSPS) is 17.2. The molecule has 1 atom stereocenters. The molecule has 1 aromatic heterocycles. The van der Waals surface area contributed by atoms with E-state index >= 15 is 0 Å². The van der Waals surface area contributed by atoms with Gasteiger partial charge in [0, 0.05) is 25.8 Å². The molecular weight excluding hydrogens is 198 g/mol. The average Bonchev–Trinajstić information content (AvgIpc) is 3.12. The first-order valence-electron chi connectivity index (χ1n) is 6.05. The zero-order valence-corrected chi connectivity index (χ0v) is 10.4. The van der Waals surface area contributed by atoms with Crippen LogP contribution in [-0.2, 0) is 0 Å². The van der Waals surface area contributed by atoms with Crippen LogP contribution >= 0.6 is 0 Å². The molecule has 0 saturated heterocycles. The molecule has 0 radical (unpaired) electrons. The van der Waals surface area contributed by atoms with Gasteiger partial charge in [-0.15, -0.1) is 0 Å². The zero-order valence-electron chi connectivity index (χ0n) is 10.4. The van der Waals surface area contributed by atoms with Crippen LogP contribution in [-0.4, -0.2) is 25.6 Å². The van der Waals surface area contributed by atoms with E-state index in [4.69, 9.17) is 0 Å². The third-order valence-electron chi connectivity index (χ3n) is 3.32. The first-order chi connectivity index (χ1) is 7.70. The van der Waals surface area contributed by atoms with E-state index < -0.39 is 0 Å². The molecule has 88 valence electrons. The molecule has 1 heterocycles. The van der Waals surface area contributed by atoms with Crippen LogP contribution in [0.1, 0.15) is 31.4 Å². The maximum atomic E-state index is 4.43. The monoisotopic (exact) mass is 219 g/mol. The number of rotatable bonds is 5. The summed E-state index contributed by atoms with van der Waals surface area (Å²) in [7, 11) is 4.12. The van der Waals surface area contributed by atoms with Gasteiger partial charge in [-0.2, -0.15) is 0 Å². The van der Waals surface area contributed by atoms with E-state index in [1.165, 1.54) is 18.4 Å². The average molecular weight is 219 g/mol. The number of nitrogens with one attached hydrogen (secondary N) is 1. The van der Waals surface area contributed by atoms with Gasteiger partial charge in [0.05, 0.1) is 0 Å². The predicted octanol–water partition coefficient (Wildman–Crippen LogP) is 2.21. The molecule has 1 saturated carbocycles. The Labute approximate surface area is 97.9 Å². The van der Waals surface area contributed by atoms with E-state index in [1.807, 2.05) is 13.2 Å². The molecule has 0 bridgehead atoms. The molecule has 1 aliphatic rings. The van der Waals surface area contributed by atoms with Gasteiger partial charge in [-0.05, 0) is 50.4 Å². The summed E-state index contributed by atoms with van der Waals surface area (Å²) in [6, 6.07) is 4.65. The first-order valence-corrected chi connectivity index (χ1v) is 6.05. The van der Waals surface area contributed by atoms with Crippen LogP contribution in [0.25, 0.3) is 0 Å². The van der Waals surface area contributed by atoms with Gasteiger partial charge < -0.3 is 10.2 Å². The minimum absolute atomic E-state index is 0.385. The summed E-state index contributed by atoms with van der Waals surface area (Å²) >= 11 is 0. The van der Waals surface area contributed by atoms with Crippen LogP contribution in [0.2, 0.25) is 0 Å². The van der Waals surface area contributed by atoms with Gasteiger partial charge in [-0.25, -0.2) is 4.98 Å². The topological polar surface area (TPSA) is 28.2 Å². The molecule has 0 aliphatic heterocycles. The van der Waals surface area contributed by atoms with Gasteiger partial charge in [-0.3, -0.25) is 0 Å². The number of anilines is 1. The van der Waals surface area contributed by atoms with Crippen molar-refractivity contribution in [1.82, 2.24) is 10.3 Å². The van der Waals surface area contributed by atoms with Gasteiger partial charge in [0.15, 0.2) is 0 Å². The maximum absolute atomic E-state index is 4.43. The molecule has 1 fully saturated rings. The largest absolute Gasteiger partial charge is 0.359 e. The predicted molar refractivity (Wildman–Crippen MR) is 67.7 cm³/mol. The molecule has 1 N–H and O–H groups in total. The summed E-state index contributed by atoms with van der Waals surface area (Å²) in [4.78, 5) is 6.70. The second kappa shape index (κ2) is 4.83. The molecule has 2 rings (SSSR count). The van der Waals surface area contributed by atoms with Crippen molar-refractivity contribution in [3.05, 3.63) is 23.9 Å². The first kappa shape index (κ1) is 11.4. The number of hydrogen-bond acceptors (Lipinski definition) is 3. The number of pyridine rings is 1. The summed E-state index contributed by atoms with van der Waals surface area (Å²) in [5.41, 5.74) is 1.30. The van der Waals surface area contributed by atoms with E-state index in [0.29, 0.717) is 6.04 Å². The highest BCUT2D eigenvalue weighted by molar-refractivity contribution is 5.41. The van der Waals surface area contributed by atoms with Crippen LogP contribution in [0.15, 0.2) is 18.3 Å². The second-order valence-corrected chi connectivity index (χ2v) is 4.78. The number of hydrogen-bond donors (Lipinski definition) is 1. The van der Waals surface area contributed by atoms with Gasteiger partial charge in [0.1, 0.15) is 5.82 Å².